The van der Waals surface area contributed by atoms with Crippen LogP contribution < -0.4 is 5.32 Å². The van der Waals surface area contributed by atoms with E-state index in [0.29, 0.717) is 12.2 Å². The van der Waals surface area contributed by atoms with Crippen LogP contribution in [-0.4, -0.2) is 35.4 Å². The van der Waals surface area contributed by atoms with Crippen molar-refractivity contribution in [3.8, 4) is 0 Å². The van der Waals surface area contributed by atoms with Gasteiger partial charge in [0.05, 0.1) is 11.9 Å². The molecule has 0 saturated heterocycles. The lowest BCUT2D eigenvalue weighted by atomic mass is 10.2. The lowest BCUT2D eigenvalue weighted by molar-refractivity contribution is 0.0711. The minimum atomic E-state index is -0.0137. The molecule has 0 radical (unpaired) electrons. The van der Waals surface area contributed by atoms with Gasteiger partial charge in [0.15, 0.2) is 0 Å². The fourth-order valence-corrected chi connectivity index (χ4v) is 1.56. The molecule has 1 aromatic rings. The largest absolute Gasteiger partial charge is 0.387 e. The highest BCUT2D eigenvalue weighted by molar-refractivity contribution is 5.92. The Labute approximate surface area is 96.7 Å². The van der Waals surface area contributed by atoms with Gasteiger partial charge in [0, 0.05) is 19.6 Å². The molecule has 16 heavy (non-hydrogen) atoms. The molecule has 0 aliphatic heterocycles. The van der Waals surface area contributed by atoms with E-state index >= 15 is 0 Å². The summed E-state index contributed by atoms with van der Waals surface area (Å²) in [6.45, 7) is 6.68. The van der Waals surface area contributed by atoms with Crippen molar-refractivity contribution in [3.63, 3.8) is 0 Å². The Balaban J connectivity index is 2.86. The van der Waals surface area contributed by atoms with Crippen LogP contribution in [0, 0.1) is 0 Å². The Morgan fingerprint density at radius 1 is 1.50 bits per heavy atom. The van der Waals surface area contributed by atoms with Crippen molar-refractivity contribution < 1.29 is 4.79 Å². The highest BCUT2D eigenvalue weighted by Gasteiger charge is 2.17. The number of aromatic nitrogens is 1. The maximum Gasteiger partial charge on any atom is 0.272 e. The fraction of sp³-hybridized carbons (Fsp3) is 0.500. The number of anilines is 1. The lowest BCUT2D eigenvalue weighted by Crippen LogP contribution is -2.37. The third-order valence-electron chi connectivity index (χ3n) is 2.50. The molecule has 4 nitrogen and oxygen atoms in total. The van der Waals surface area contributed by atoms with Crippen molar-refractivity contribution >= 4 is 11.6 Å². The Morgan fingerprint density at radius 3 is 2.56 bits per heavy atom. The van der Waals surface area contributed by atoms with Gasteiger partial charge in [-0.2, -0.15) is 0 Å². The molecule has 0 fully saturated rings. The molecule has 0 aliphatic carbocycles. The van der Waals surface area contributed by atoms with Crippen LogP contribution in [0.2, 0.25) is 0 Å². The standard InChI is InChI=1S/C12H19N3O/c1-5-15(9(2)3)12(16)11-7-6-10(13-4)8-14-11/h6-9,13H,5H2,1-4H3. The van der Waals surface area contributed by atoms with E-state index in [1.807, 2.05) is 33.9 Å². The molecular weight excluding hydrogens is 202 g/mol. The van der Waals surface area contributed by atoms with Crippen molar-refractivity contribution in [2.45, 2.75) is 26.8 Å². The van der Waals surface area contributed by atoms with Crippen molar-refractivity contribution in [3.05, 3.63) is 24.0 Å². The summed E-state index contributed by atoms with van der Waals surface area (Å²) in [6.07, 6.45) is 1.67. The van der Waals surface area contributed by atoms with Crippen molar-refractivity contribution in [2.24, 2.45) is 0 Å². The van der Waals surface area contributed by atoms with Gasteiger partial charge >= 0.3 is 0 Å². The van der Waals surface area contributed by atoms with E-state index in [2.05, 4.69) is 10.3 Å². The molecule has 1 heterocycles. The summed E-state index contributed by atoms with van der Waals surface area (Å²) in [5, 5.41) is 2.97. The second-order valence-electron chi connectivity index (χ2n) is 3.87. The number of nitrogens with one attached hydrogen (secondary N) is 1. The second-order valence-corrected chi connectivity index (χ2v) is 3.87. The predicted molar refractivity (Wildman–Crippen MR) is 65.6 cm³/mol. The molecule has 0 atom stereocenters. The normalized spacial score (nSPS) is 10.3. The van der Waals surface area contributed by atoms with Crippen LogP contribution in [0.5, 0.6) is 0 Å². The number of amides is 1. The molecule has 0 aliphatic rings. The Morgan fingerprint density at radius 2 is 2.19 bits per heavy atom. The number of pyridine rings is 1. The SMILES string of the molecule is CCN(C(=O)c1ccc(NC)cn1)C(C)C. The van der Waals surface area contributed by atoms with E-state index in [1.54, 1.807) is 17.2 Å². The molecule has 0 spiro atoms. The predicted octanol–water partition coefficient (Wildman–Crippen LogP) is 1.99. The van der Waals surface area contributed by atoms with Crippen LogP contribution in [0.3, 0.4) is 0 Å². The maximum absolute atomic E-state index is 12.1. The zero-order valence-corrected chi connectivity index (χ0v) is 10.3. The minimum Gasteiger partial charge on any atom is -0.387 e. The quantitative estimate of drug-likeness (QED) is 0.845. The van der Waals surface area contributed by atoms with Gasteiger partial charge in [-0.25, -0.2) is 4.98 Å². The van der Waals surface area contributed by atoms with Gasteiger partial charge in [-0.05, 0) is 32.9 Å². The van der Waals surface area contributed by atoms with Crippen molar-refractivity contribution in [1.29, 1.82) is 0 Å². The molecule has 0 bridgehead atoms. The smallest absolute Gasteiger partial charge is 0.272 e. The van der Waals surface area contributed by atoms with Gasteiger partial charge in [-0.15, -0.1) is 0 Å². The van der Waals surface area contributed by atoms with E-state index in [-0.39, 0.29) is 11.9 Å². The van der Waals surface area contributed by atoms with Gasteiger partial charge in [0.25, 0.3) is 5.91 Å². The van der Waals surface area contributed by atoms with E-state index in [9.17, 15) is 4.79 Å². The van der Waals surface area contributed by atoms with E-state index in [0.717, 1.165) is 5.69 Å². The number of rotatable bonds is 4. The molecule has 0 unspecified atom stereocenters. The van der Waals surface area contributed by atoms with E-state index in [4.69, 9.17) is 0 Å². The molecule has 1 rings (SSSR count). The van der Waals surface area contributed by atoms with Crippen molar-refractivity contribution in [1.82, 2.24) is 9.88 Å². The lowest BCUT2D eigenvalue weighted by Gasteiger charge is -2.24. The first-order chi connectivity index (χ1) is 7.60. The van der Waals surface area contributed by atoms with E-state index < -0.39 is 0 Å². The molecule has 1 N–H and O–H groups in total. The van der Waals surface area contributed by atoms with E-state index in [1.165, 1.54) is 0 Å². The van der Waals surface area contributed by atoms with Crippen LogP contribution in [0.1, 0.15) is 31.3 Å². The van der Waals surface area contributed by atoms with Gasteiger partial charge < -0.3 is 10.2 Å². The number of hydrogen-bond acceptors (Lipinski definition) is 3. The zero-order chi connectivity index (χ0) is 12.1. The topological polar surface area (TPSA) is 45.2 Å². The zero-order valence-electron chi connectivity index (χ0n) is 10.3. The van der Waals surface area contributed by atoms with Gasteiger partial charge in [0.2, 0.25) is 0 Å². The average molecular weight is 221 g/mol. The minimum absolute atomic E-state index is 0.0137. The third kappa shape index (κ3) is 2.72. The van der Waals surface area contributed by atoms with Gasteiger partial charge in [-0.3, -0.25) is 4.79 Å². The fourth-order valence-electron chi connectivity index (χ4n) is 1.56. The molecular formula is C12H19N3O. The summed E-state index contributed by atoms with van der Waals surface area (Å²) in [5.41, 5.74) is 1.40. The Hall–Kier alpha value is -1.58. The molecule has 88 valence electrons. The number of hydrogen-bond donors (Lipinski definition) is 1. The summed E-state index contributed by atoms with van der Waals surface area (Å²) in [4.78, 5) is 18.0. The first-order valence-corrected chi connectivity index (χ1v) is 5.55. The van der Waals surface area contributed by atoms with Crippen LogP contribution in [0.25, 0.3) is 0 Å². The Kier molecular flexibility index (Phi) is 4.28. The van der Waals surface area contributed by atoms with Crippen molar-refractivity contribution in [2.75, 3.05) is 18.9 Å². The highest BCUT2D eigenvalue weighted by atomic mass is 16.2. The summed E-state index contributed by atoms with van der Waals surface area (Å²) >= 11 is 0. The summed E-state index contributed by atoms with van der Waals surface area (Å²) < 4.78 is 0. The first-order valence-electron chi connectivity index (χ1n) is 5.55. The monoisotopic (exact) mass is 221 g/mol. The third-order valence-corrected chi connectivity index (χ3v) is 2.50. The second kappa shape index (κ2) is 5.49. The molecule has 0 saturated carbocycles. The average Bonchev–Trinajstić information content (AvgIpc) is 2.29. The number of carbonyl (C=O) groups is 1. The van der Waals surface area contributed by atoms with Gasteiger partial charge in [0.1, 0.15) is 5.69 Å². The van der Waals surface area contributed by atoms with Crippen LogP contribution >= 0.6 is 0 Å². The number of carbonyl (C=O) groups excluding carboxylic acids is 1. The maximum atomic E-state index is 12.1. The molecule has 0 aromatic carbocycles. The first kappa shape index (κ1) is 12.5. The van der Waals surface area contributed by atoms with Crippen LogP contribution in [0.4, 0.5) is 5.69 Å². The molecule has 1 aromatic heterocycles. The molecule has 1 amide bonds. The number of nitrogens with zero attached hydrogens (tertiary/aromatic N) is 2. The highest BCUT2D eigenvalue weighted by Crippen LogP contribution is 2.09. The summed E-state index contributed by atoms with van der Waals surface area (Å²) in [5.74, 6) is -0.0137. The summed E-state index contributed by atoms with van der Waals surface area (Å²) in [7, 11) is 1.82. The summed E-state index contributed by atoms with van der Waals surface area (Å²) in [6, 6.07) is 3.80. The van der Waals surface area contributed by atoms with Crippen LogP contribution in [-0.2, 0) is 0 Å². The Bertz CT molecular complexity index is 346. The van der Waals surface area contributed by atoms with Crippen LogP contribution in [0.15, 0.2) is 18.3 Å². The van der Waals surface area contributed by atoms with Gasteiger partial charge in [-0.1, -0.05) is 0 Å². The molecule has 4 heteroatoms.